The molecule has 5 rings (SSSR count). The molecule has 1 aromatic heterocycles. The van der Waals surface area contributed by atoms with Crippen LogP contribution < -0.4 is 15.8 Å². The van der Waals surface area contributed by atoms with E-state index in [1.807, 2.05) is 60.7 Å². The average molecular weight is 424 g/mol. The van der Waals surface area contributed by atoms with Crippen molar-refractivity contribution in [3.05, 3.63) is 78.9 Å². The normalized spacial score (nSPS) is 15.9. The maximum absolute atomic E-state index is 13.1. The Hall–Kier alpha value is -4.46. The van der Waals surface area contributed by atoms with E-state index in [0.717, 1.165) is 16.6 Å². The van der Waals surface area contributed by atoms with Gasteiger partial charge in [-0.2, -0.15) is 0 Å². The van der Waals surface area contributed by atoms with Gasteiger partial charge in [-0.3, -0.25) is 15.0 Å². The van der Waals surface area contributed by atoms with Crippen LogP contribution in [0, 0.1) is 0 Å². The zero-order chi connectivity index (χ0) is 22.1. The van der Waals surface area contributed by atoms with E-state index in [1.165, 1.54) is 5.01 Å². The first-order valence-electron chi connectivity index (χ1n) is 10.2. The molecule has 0 saturated heterocycles. The third-order valence-corrected chi connectivity index (χ3v) is 5.17. The Bertz CT molecular complexity index is 1310. The molecule has 1 atom stereocenters. The molecule has 2 amide bonds. The van der Waals surface area contributed by atoms with Gasteiger partial charge in [0.05, 0.1) is 22.4 Å². The zero-order valence-corrected chi connectivity index (χ0v) is 17.2. The highest BCUT2D eigenvalue weighted by Gasteiger charge is 2.31. The number of para-hydroxylation sites is 4. The van der Waals surface area contributed by atoms with Crippen LogP contribution in [-0.4, -0.2) is 33.7 Å². The number of H-pyrrole nitrogens is 1. The number of anilines is 2. The molecule has 0 aliphatic carbocycles. The maximum atomic E-state index is 13.1. The van der Waals surface area contributed by atoms with E-state index < -0.39 is 11.9 Å². The summed E-state index contributed by atoms with van der Waals surface area (Å²) in [6.45, 7) is 1.66. The number of aromatic nitrogens is 2. The van der Waals surface area contributed by atoms with Gasteiger partial charge in [0.2, 0.25) is 5.84 Å². The molecule has 1 aliphatic heterocycles. The average Bonchev–Trinajstić information content (AvgIpc) is 3.26. The van der Waals surface area contributed by atoms with Gasteiger partial charge in [0.15, 0.2) is 0 Å². The van der Waals surface area contributed by atoms with Gasteiger partial charge in [0.25, 0.3) is 11.8 Å². The minimum atomic E-state index is -0.692. The van der Waals surface area contributed by atoms with Crippen LogP contribution in [0.25, 0.3) is 22.4 Å². The molecule has 0 saturated carbocycles. The van der Waals surface area contributed by atoms with Gasteiger partial charge >= 0.3 is 0 Å². The van der Waals surface area contributed by atoms with Crippen LogP contribution in [0.3, 0.4) is 0 Å². The number of fused-ring (bicyclic) bond motifs is 1. The van der Waals surface area contributed by atoms with Crippen molar-refractivity contribution in [1.82, 2.24) is 15.4 Å². The van der Waals surface area contributed by atoms with Gasteiger partial charge in [-0.1, -0.05) is 42.5 Å². The summed E-state index contributed by atoms with van der Waals surface area (Å²) >= 11 is 0. The number of hydrogen-bond acceptors (Lipinski definition) is 5. The van der Waals surface area contributed by atoms with Crippen molar-refractivity contribution in [3.8, 4) is 11.4 Å². The van der Waals surface area contributed by atoms with Crippen molar-refractivity contribution in [2.75, 3.05) is 10.3 Å². The molecule has 4 aromatic rings. The highest BCUT2D eigenvalue weighted by molar-refractivity contribution is 6.43. The molecule has 8 heteroatoms. The van der Waals surface area contributed by atoms with Gasteiger partial charge in [0, 0.05) is 5.56 Å². The summed E-state index contributed by atoms with van der Waals surface area (Å²) in [5, 5.41) is 4.25. The maximum Gasteiger partial charge on any atom is 0.292 e. The van der Waals surface area contributed by atoms with Gasteiger partial charge < -0.3 is 10.3 Å². The fourth-order valence-corrected chi connectivity index (χ4v) is 3.56. The number of aliphatic imine (C=N–C) groups is 1. The van der Waals surface area contributed by atoms with Crippen LogP contribution in [0.2, 0.25) is 0 Å². The molecule has 1 aliphatic rings. The zero-order valence-electron chi connectivity index (χ0n) is 17.2. The second kappa shape index (κ2) is 7.99. The lowest BCUT2D eigenvalue weighted by Gasteiger charge is -2.30. The van der Waals surface area contributed by atoms with Gasteiger partial charge in [-0.25, -0.2) is 15.0 Å². The minimum Gasteiger partial charge on any atom is -0.338 e. The molecule has 2 heterocycles. The molecule has 8 nitrogen and oxygen atoms in total. The van der Waals surface area contributed by atoms with E-state index >= 15 is 0 Å². The predicted molar refractivity (Wildman–Crippen MR) is 124 cm³/mol. The smallest absolute Gasteiger partial charge is 0.292 e. The summed E-state index contributed by atoms with van der Waals surface area (Å²) in [6, 6.07) is 23.5. The van der Waals surface area contributed by atoms with Crippen molar-refractivity contribution in [2.45, 2.75) is 13.0 Å². The van der Waals surface area contributed by atoms with E-state index in [-0.39, 0.29) is 11.7 Å². The number of nitrogens with one attached hydrogen (secondary N) is 3. The molecule has 0 bridgehead atoms. The third-order valence-electron chi connectivity index (χ3n) is 5.17. The lowest BCUT2D eigenvalue weighted by molar-refractivity contribution is -0.120. The molecule has 1 unspecified atom stereocenters. The molecule has 0 spiro atoms. The molecular weight excluding hydrogens is 404 g/mol. The van der Waals surface area contributed by atoms with E-state index in [4.69, 9.17) is 0 Å². The molecule has 0 radical (unpaired) electrons. The monoisotopic (exact) mass is 424 g/mol. The van der Waals surface area contributed by atoms with Crippen LogP contribution in [0.1, 0.15) is 6.92 Å². The number of carbonyl (C=O) groups is 2. The molecule has 3 N–H and O–H groups in total. The molecule has 3 aromatic carbocycles. The van der Waals surface area contributed by atoms with E-state index in [0.29, 0.717) is 17.2 Å². The highest BCUT2D eigenvalue weighted by atomic mass is 16.2. The van der Waals surface area contributed by atoms with Gasteiger partial charge in [-0.05, 0) is 43.3 Å². The number of amidine groups is 1. The number of imidazole rings is 1. The Balaban J connectivity index is 1.43. The van der Waals surface area contributed by atoms with Crippen LogP contribution in [0.4, 0.5) is 11.4 Å². The molecule has 0 fully saturated rings. The second-order valence-corrected chi connectivity index (χ2v) is 7.38. The predicted octanol–water partition coefficient (Wildman–Crippen LogP) is 3.51. The number of carbonyl (C=O) groups excluding carboxylic acids is 2. The van der Waals surface area contributed by atoms with Gasteiger partial charge in [-0.15, -0.1) is 0 Å². The van der Waals surface area contributed by atoms with Gasteiger partial charge in [0.1, 0.15) is 11.9 Å². The Morgan fingerprint density at radius 3 is 2.50 bits per heavy atom. The van der Waals surface area contributed by atoms with Crippen molar-refractivity contribution in [2.24, 2.45) is 4.99 Å². The number of benzene rings is 3. The fraction of sp³-hybridized carbons (Fsp3) is 0.0833. The first kappa shape index (κ1) is 19.5. The fourth-order valence-electron chi connectivity index (χ4n) is 3.56. The summed E-state index contributed by atoms with van der Waals surface area (Å²) in [4.78, 5) is 37.8. The summed E-state index contributed by atoms with van der Waals surface area (Å²) in [6.07, 6.45) is 0. The standard InChI is InChI=1S/C24H20N6O2/c1-15-24(32)30(16-9-3-2-4-10-16)29-22(25-15)23(31)28-18-12-6-5-11-17(18)21-26-19-13-7-8-14-20(19)27-21/h2-15H,1H3,(H,25,29)(H,26,27)(H,28,31). The Morgan fingerprint density at radius 2 is 1.69 bits per heavy atom. The quantitative estimate of drug-likeness (QED) is 0.467. The number of aromatic amines is 1. The largest absolute Gasteiger partial charge is 0.338 e. The number of nitrogens with zero attached hydrogens (tertiary/aromatic N) is 3. The van der Waals surface area contributed by atoms with Crippen molar-refractivity contribution in [1.29, 1.82) is 0 Å². The van der Waals surface area contributed by atoms with Crippen LogP contribution in [0.15, 0.2) is 83.9 Å². The topological polar surface area (TPSA) is 102 Å². The highest BCUT2D eigenvalue weighted by Crippen LogP contribution is 2.27. The molecule has 158 valence electrons. The van der Waals surface area contributed by atoms with Crippen LogP contribution >= 0.6 is 0 Å². The van der Waals surface area contributed by atoms with Crippen LogP contribution in [0.5, 0.6) is 0 Å². The molecular formula is C24H20N6O2. The van der Waals surface area contributed by atoms with E-state index in [1.54, 1.807) is 25.1 Å². The SMILES string of the molecule is CC1N=C(C(=O)Nc2ccccc2-c2nc3ccccc3[nH]2)NN(c2ccccc2)C1=O. The summed E-state index contributed by atoms with van der Waals surface area (Å²) in [7, 11) is 0. The Labute approximate surface area is 184 Å². The minimum absolute atomic E-state index is 0.0559. The summed E-state index contributed by atoms with van der Waals surface area (Å²) in [5.74, 6) is 0.0136. The van der Waals surface area contributed by atoms with Crippen LogP contribution in [-0.2, 0) is 9.59 Å². The van der Waals surface area contributed by atoms with Crippen molar-refractivity contribution < 1.29 is 9.59 Å². The van der Waals surface area contributed by atoms with Crippen molar-refractivity contribution >= 4 is 40.1 Å². The number of hydrazine groups is 1. The Kier molecular flexibility index (Phi) is 4.87. The summed E-state index contributed by atoms with van der Waals surface area (Å²) < 4.78 is 0. The summed E-state index contributed by atoms with van der Waals surface area (Å²) in [5.41, 5.74) is 6.56. The first-order chi connectivity index (χ1) is 15.6. The lowest BCUT2D eigenvalue weighted by atomic mass is 10.1. The van der Waals surface area contributed by atoms with Crippen molar-refractivity contribution in [3.63, 3.8) is 0 Å². The van der Waals surface area contributed by atoms with E-state index in [9.17, 15) is 9.59 Å². The van der Waals surface area contributed by atoms with E-state index in [2.05, 4.69) is 25.7 Å². The lowest BCUT2D eigenvalue weighted by Crippen LogP contribution is -2.57. The first-order valence-corrected chi connectivity index (χ1v) is 10.2. The second-order valence-electron chi connectivity index (χ2n) is 7.38. The number of amides is 2. The number of hydrogen-bond donors (Lipinski definition) is 3. The third kappa shape index (κ3) is 3.58. The Morgan fingerprint density at radius 1 is 0.969 bits per heavy atom. The molecule has 32 heavy (non-hydrogen) atoms. The number of rotatable bonds is 4.